The highest BCUT2D eigenvalue weighted by molar-refractivity contribution is 9.10. The van der Waals surface area contributed by atoms with Crippen molar-refractivity contribution in [1.29, 1.82) is 0 Å². The van der Waals surface area contributed by atoms with Gasteiger partial charge in [-0.25, -0.2) is 8.78 Å². The molecule has 0 atom stereocenters. The molecule has 0 unspecified atom stereocenters. The van der Waals surface area contributed by atoms with E-state index in [0.717, 1.165) is 0 Å². The molecular weight excluding hydrogens is 296 g/mol. The van der Waals surface area contributed by atoms with Crippen molar-refractivity contribution in [2.75, 3.05) is 24.6 Å². The number of hydrogen-bond acceptors (Lipinski definition) is 3. The van der Waals surface area contributed by atoms with Gasteiger partial charge in [-0.15, -0.1) is 0 Å². The maximum atomic E-state index is 12.4. The SMILES string of the molecule is O=Cc1ccc(Br)cc1N(CCO)CC(F)F. The highest BCUT2D eigenvalue weighted by Crippen LogP contribution is 2.24. The minimum atomic E-state index is -2.53. The van der Waals surface area contributed by atoms with Crippen LogP contribution >= 0.6 is 15.9 Å². The fourth-order valence-corrected chi connectivity index (χ4v) is 1.84. The standard InChI is InChI=1S/C11H12BrF2NO2/c12-9-2-1-8(7-17)10(5-9)15(3-4-16)6-11(13)14/h1-2,5,7,11,16H,3-4,6H2. The van der Waals surface area contributed by atoms with Crippen LogP contribution in [0.3, 0.4) is 0 Å². The van der Waals surface area contributed by atoms with Crippen LogP contribution in [0.4, 0.5) is 14.5 Å². The zero-order valence-corrected chi connectivity index (χ0v) is 10.5. The van der Waals surface area contributed by atoms with Gasteiger partial charge >= 0.3 is 0 Å². The van der Waals surface area contributed by atoms with Gasteiger partial charge in [-0.05, 0) is 18.2 Å². The molecule has 1 N–H and O–H groups in total. The van der Waals surface area contributed by atoms with Gasteiger partial charge in [0.05, 0.1) is 13.2 Å². The second kappa shape index (κ2) is 6.66. The molecule has 0 spiro atoms. The van der Waals surface area contributed by atoms with Crippen LogP contribution in [0.25, 0.3) is 0 Å². The van der Waals surface area contributed by atoms with E-state index in [-0.39, 0.29) is 13.2 Å². The lowest BCUT2D eigenvalue weighted by molar-refractivity contribution is 0.112. The maximum Gasteiger partial charge on any atom is 0.255 e. The second-order valence-electron chi connectivity index (χ2n) is 3.38. The second-order valence-corrected chi connectivity index (χ2v) is 4.30. The van der Waals surface area contributed by atoms with Crippen LogP contribution < -0.4 is 4.90 Å². The topological polar surface area (TPSA) is 40.5 Å². The van der Waals surface area contributed by atoms with E-state index in [1.807, 2.05) is 0 Å². The molecule has 3 nitrogen and oxygen atoms in total. The molecule has 0 amide bonds. The van der Waals surface area contributed by atoms with Gasteiger partial charge in [-0.1, -0.05) is 15.9 Å². The summed E-state index contributed by atoms with van der Waals surface area (Å²) in [5.41, 5.74) is 0.714. The van der Waals surface area contributed by atoms with Gasteiger partial charge in [0.25, 0.3) is 6.43 Å². The number of halogens is 3. The molecule has 0 saturated carbocycles. The Labute approximate surface area is 106 Å². The molecule has 0 heterocycles. The van der Waals surface area contributed by atoms with Crippen molar-refractivity contribution in [2.45, 2.75) is 6.43 Å². The van der Waals surface area contributed by atoms with Crippen molar-refractivity contribution >= 4 is 27.9 Å². The number of anilines is 1. The van der Waals surface area contributed by atoms with Gasteiger partial charge in [0.1, 0.15) is 0 Å². The lowest BCUT2D eigenvalue weighted by Gasteiger charge is -2.25. The third-order valence-corrected chi connectivity index (χ3v) is 2.68. The Morgan fingerprint density at radius 2 is 2.18 bits per heavy atom. The first-order chi connectivity index (χ1) is 8.08. The number of benzene rings is 1. The lowest BCUT2D eigenvalue weighted by atomic mass is 10.1. The van der Waals surface area contributed by atoms with E-state index in [1.54, 1.807) is 18.2 Å². The third kappa shape index (κ3) is 4.05. The number of hydrogen-bond donors (Lipinski definition) is 1. The summed E-state index contributed by atoms with van der Waals surface area (Å²) >= 11 is 3.22. The predicted molar refractivity (Wildman–Crippen MR) is 64.8 cm³/mol. The van der Waals surface area contributed by atoms with Crippen molar-refractivity contribution < 1.29 is 18.7 Å². The Kier molecular flexibility index (Phi) is 5.50. The predicted octanol–water partition coefficient (Wildman–Crippen LogP) is 2.33. The van der Waals surface area contributed by atoms with Crippen molar-refractivity contribution in [3.8, 4) is 0 Å². The van der Waals surface area contributed by atoms with E-state index in [1.165, 1.54) is 4.90 Å². The third-order valence-electron chi connectivity index (χ3n) is 2.19. The van der Waals surface area contributed by atoms with Crippen molar-refractivity contribution in [3.63, 3.8) is 0 Å². The van der Waals surface area contributed by atoms with E-state index in [0.29, 0.717) is 22.0 Å². The number of carbonyl (C=O) groups is 1. The molecule has 0 aromatic heterocycles. The molecular formula is C11H12BrF2NO2. The fourth-order valence-electron chi connectivity index (χ4n) is 1.49. The molecule has 6 heteroatoms. The van der Waals surface area contributed by atoms with Gasteiger partial charge < -0.3 is 10.0 Å². The summed E-state index contributed by atoms with van der Waals surface area (Å²) < 4.78 is 25.5. The summed E-state index contributed by atoms with van der Waals surface area (Å²) in [6.07, 6.45) is -1.92. The number of aliphatic hydroxyl groups excluding tert-OH is 1. The van der Waals surface area contributed by atoms with E-state index in [9.17, 15) is 13.6 Å². The van der Waals surface area contributed by atoms with E-state index >= 15 is 0 Å². The zero-order chi connectivity index (χ0) is 12.8. The van der Waals surface area contributed by atoms with Crippen molar-refractivity contribution in [3.05, 3.63) is 28.2 Å². The quantitative estimate of drug-likeness (QED) is 0.820. The van der Waals surface area contributed by atoms with E-state index < -0.39 is 13.0 Å². The van der Waals surface area contributed by atoms with Gasteiger partial charge in [-0.2, -0.15) is 0 Å². The van der Waals surface area contributed by atoms with Crippen LogP contribution in [0.1, 0.15) is 10.4 Å². The van der Waals surface area contributed by atoms with Gasteiger partial charge in [0, 0.05) is 22.3 Å². The van der Waals surface area contributed by atoms with Gasteiger partial charge in [-0.3, -0.25) is 4.79 Å². The Morgan fingerprint density at radius 3 is 2.71 bits per heavy atom. The fraction of sp³-hybridized carbons (Fsp3) is 0.364. The Morgan fingerprint density at radius 1 is 1.47 bits per heavy atom. The minimum Gasteiger partial charge on any atom is -0.395 e. The van der Waals surface area contributed by atoms with Crippen LogP contribution in [-0.2, 0) is 0 Å². The number of carbonyl (C=O) groups excluding carboxylic acids is 1. The maximum absolute atomic E-state index is 12.4. The van der Waals surface area contributed by atoms with Crippen LogP contribution in [0.5, 0.6) is 0 Å². The molecule has 0 aliphatic rings. The number of alkyl halides is 2. The molecule has 0 aliphatic heterocycles. The molecule has 0 aliphatic carbocycles. The average molecular weight is 308 g/mol. The summed E-state index contributed by atoms with van der Waals surface area (Å²) in [6, 6.07) is 4.79. The monoisotopic (exact) mass is 307 g/mol. The summed E-state index contributed by atoms with van der Waals surface area (Å²) in [6.45, 7) is -0.711. The molecule has 0 radical (unpaired) electrons. The van der Waals surface area contributed by atoms with Crippen LogP contribution in [0.15, 0.2) is 22.7 Å². The summed E-state index contributed by atoms with van der Waals surface area (Å²) in [7, 11) is 0. The molecule has 1 rings (SSSR count). The number of aliphatic hydroxyl groups is 1. The normalized spacial score (nSPS) is 10.6. The molecule has 1 aromatic rings. The average Bonchev–Trinajstić information content (AvgIpc) is 2.28. The summed E-state index contributed by atoms with van der Waals surface area (Å²) in [5, 5.41) is 8.86. The largest absolute Gasteiger partial charge is 0.395 e. The van der Waals surface area contributed by atoms with E-state index in [2.05, 4.69) is 15.9 Å². The minimum absolute atomic E-state index is 0.0572. The molecule has 94 valence electrons. The molecule has 0 bridgehead atoms. The molecule has 17 heavy (non-hydrogen) atoms. The van der Waals surface area contributed by atoms with Crippen LogP contribution in [0.2, 0.25) is 0 Å². The summed E-state index contributed by atoms with van der Waals surface area (Å²) in [4.78, 5) is 12.1. The molecule has 0 saturated heterocycles. The number of rotatable bonds is 6. The lowest BCUT2D eigenvalue weighted by Crippen LogP contribution is -2.32. The van der Waals surface area contributed by atoms with Gasteiger partial charge in [0.15, 0.2) is 6.29 Å². The van der Waals surface area contributed by atoms with E-state index in [4.69, 9.17) is 5.11 Å². The van der Waals surface area contributed by atoms with Crippen molar-refractivity contribution in [1.82, 2.24) is 0 Å². The number of nitrogens with zero attached hydrogens (tertiary/aromatic N) is 1. The Bertz CT molecular complexity index is 388. The van der Waals surface area contributed by atoms with Crippen LogP contribution in [-0.4, -0.2) is 37.5 Å². The first-order valence-corrected chi connectivity index (χ1v) is 5.76. The first kappa shape index (κ1) is 14.1. The molecule has 0 fully saturated rings. The van der Waals surface area contributed by atoms with Crippen LogP contribution in [0, 0.1) is 0 Å². The summed E-state index contributed by atoms with van der Waals surface area (Å²) in [5.74, 6) is 0. The smallest absolute Gasteiger partial charge is 0.255 e. The highest BCUT2D eigenvalue weighted by Gasteiger charge is 2.15. The first-order valence-electron chi connectivity index (χ1n) is 4.97. The zero-order valence-electron chi connectivity index (χ0n) is 8.94. The Balaban J connectivity index is 3.06. The highest BCUT2D eigenvalue weighted by atomic mass is 79.9. The van der Waals surface area contributed by atoms with Crippen molar-refractivity contribution in [2.24, 2.45) is 0 Å². The Hall–Kier alpha value is -1.01. The van der Waals surface area contributed by atoms with Gasteiger partial charge in [0.2, 0.25) is 0 Å². The molecule has 1 aromatic carbocycles. The number of aldehydes is 1.